The van der Waals surface area contributed by atoms with E-state index in [2.05, 4.69) is 4.74 Å². The minimum Gasteiger partial charge on any atom is -0.464 e. The molecule has 6 heteroatoms. The Balaban J connectivity index is 2.39. The zero-order valence-electron chi connectivity index (χ0n) is 9.67. The number of ether oxygens (including phenoxy) is 1. The number of hydrogen-bond acceptors (Lipinski definition) is 3. The Labute approximate surface area is 97.3 Å². The van der Waals surface area contributed by atoms with Gasteiger partial charge in [0.15, 0.2) is 0 Å². The second-order valence-corrected chi connectivity index (χ2v) is 4.38. The summed E-state index contributed by atoms with van der Waals surface area (Å²) < 4.78 is 32.8. The van der Waals surface area contributed by atoms with E-state index in [0.29, 0.717) is 5.56 Å². The first-order chi connectivity index (χ1) is 7.88. The molecule has 1 fully saturated rings. The molecular weight excluding hydrogens is 230 g/mol. The van der Waals surface area contributed by atoms with Gasteiger partial charge in [0.2, 0.25) is 0 Å². The van der Waals surface area contributed by atoms with Crippen LogP contribution in [0.4, 0.5) is 8.78 Å². The molecule has 17 heavy (non-hydrogen) atoms. The van der Waals surface area contributed by atoms with Gasteiger partial charge in [-0.15, -0.1) is 0 Å². The molecule has 2 N–H and O–H groups in total. The molecule has 1 atom stereocenters. The summed E-state index contributed by atoms with van der Waals surface area (Å²) in [5.41, 5.74) is 4.77. The zero-order chi connectivity index (χ0) is 12.8. The highest BCUT2D eigenvalue weighted by Gasteiger charge is 2.71. The molecule has 94 valence electrons. The third-order valence-corrected chi connectivity index (χ3v) is 3.40. The van der Waals surface area contributed by atoms with Crippen LogP contribution in [0, 0.1) is 0 Å². The highest BCUT2D eigenvalue weighted by atomic mass is 19.3. The van der Waals surface area contributed by atoms with Crippen molar-refractivity contribution in [2.45, 2.75) is 17.8 Å². The fraction of sp³-hybridized carbons (Fsp3) is 0.545. The molecule has 0 spiro atoms. The first kappa shape index (κ1) is 12.0. The van der Waals surface area contributed by atoms with Crippen LogP contribution in [0.2, 0.25) is 0 Å². The van der Waals surface area contributed by atoms with Crippen molar-refractivity contribution in [3.63, 3.8) is 0 Å². The first-order valence-corrected chi connectivity index (χ1v) is 5.21. The number of rotatable bonds is 3. The van der Waals surface area contributed by atoms with Crippen LogP contribution in [0.1, 0.15) is 22.5 Å². The third kappa shape index (κ3) is 1.55. The molecule has 1 aliphatic carbocycles. The van der Waals surface area contributed by atoms with E-state index in [1.54, 1.807) is 7.05 Å². The summed E-state index contributed by atoms with van der Waals surface area (Å²) in [4.78, 5) is 11.4. The standard InChI is InChI=1S/C11H14F2N2O2/c1-15-4-7(3-8(15)9(16)17-2)10(6-14)5-11(10,12)13/h3-4H,5-6,14H2,1-2H3. The van der Waals surface area contributed by atoms with E-state index in [1.165, 1.54) is 23.9 Å². The number of nitrogens with zero attached hydrogens (tertiary/aromatic N) is 1. The molecule has 1 aliphatic rings. The summed E-state index contributed by atoms with van der Waals surface area (Å²) in [6.45, 7) is -0.134. The van der Waals surface area contributed by atoms with Gasteiger partial charge in [-0.3, -0.25) is 0 Å². The molecule has 1 unspecified atom stereocenters. The average molecular weight is 244 g/mol. The van der Waals surface area contributed by atoms with Crippen molar-refractivity contribution in [1.82, 2.24) is 4.57 Å². The Morgan fingerprint density at radius 2 is 2.24 bits per heavy atom. The van der Waals surface area contributed by atoms with Crippen molar-refractivity contribution >= 4 is 5.97 Å². The molecule has 0 saturated heterocycles. The second-order valence-electron chi connectivity index (χ2n) is 4.38. The summed E-state index contributed by atoms with van der Waals surface area (Å²) in [5, 5.41) is 0. The molecule has 2 rings (SSSR count). The maximum absolute atomic E-state index is 13.4. The summed E-state index contributed by atoms with van der Waals surface area (Å²) in [7, 11) is 2.86. The highest BCUT2D eigenvalue weighted by Crippen LogP contribution is 2.61. The van der Waals surface area contributed by atoms with Gasteiger partial charge in [-0.2, -0.15) is 0 Å². The van der Waals surface area contributed by atoms with Crippen molar-refractivity contribution in [2.24, 2.45) is 12.8 Å². The van der Waals surface area contributed by atoms with E-state index >= 15 is 0 Å². The molecule has 1 aromatic rings. The van der Waals surface area contributed by atoms with Crippen molar-refractivity contribution < 1.29 is 18.3 Å². The molecule has 0 aromatic carbocycles. The number of halogens is 2. The molecule has 4 nitrogen and oxygen atoms in total. The Bertz CT molecular complexity index is 470. The van der Waals surface area contributed by atoms with Crippen LogP contribution in [0.5, 0.6) is 0 Å². The van der Waals surface area contributed by atoms with Gasteiger partial charge < -0.3 is 15.0 Å². The SMILES string of the molecule is COC(=O)c1cc(C2(CN)CC2(F)F)cn1C. The van der Waals surface area contributed by atoms with Crippen LogP contribution in [0.3, 0.4) is 0 Å². The normalized spacial score (nSPS) is 25.7. The summed E-state index contributed by atoms with van der Waals surface area (Å²) in [6, 6.07) is 1.43. The molecule has 1 aromatic heterocycles. The first-order valence-electron chi connectivity index (χ1n) is 5.21. The predicted octanol–water partition coefficient (Wildman–Crippen LogP) is 1.05. The fourth-order valence-electron chi connectivity index (χ4n) is 2.12. The summed E-state index contributed by atoms with van der Waals surface area (Å²) in [5.74, 6) is -3.33. The average Bonchev–Trinajstić information content (AvgIpc) is 2.65. The number of alkyl halides is 2. The summed E-state index contributed by atoms with van der Waals surface area (Å²) >= 11 is 0. The molecule has 0 radical (unpaired) electrons. The number of aromatic nitrogens is 1. The number of nitrogens with two attached hydrogens (primary N) is 1. The molecule has 1 heterocycles. The van der Waals surface area contributed by atoms with E-state index in [-0.39, 0.29) is 18.7 Å². The Kier molecular flexibility index (Phi) is 2.50. The van der Waals surface area contributed by atoms with Gasteiger partial charge in [0.1, 0.15) is 5.69 Å². The van der Waals surface area contributed by atoms with Gasteiger partial charge in [-0.05, 0) is 11.6 Å². The lowest BCUT2D eigenvalue weighted by atomic mass is 9.98. The van der Waals surface area contributed by atoms with Crippen LogP contribution in [-0.4, -0.2) is 30.1 Å². The van der Waals surface area contributed by atoms with Crippen molar-refractivity contribution in [1.29, 1.82) is 0 Å². The number of carbonyl (C=O) groups excluding carboxylic acids is 1. The monoisotopic (exact) mass is 244 g/mol. The van der Waals surface area contributed by atoms with Crippen LogP contribution >= 0.6 is 0 Å². The molecule has 0 bridgehead atoms. The van der Waals surface area contributed by atoms with E-state index in [0.717, 1.165) is 0 Å². The fourth-order valence-corrected chi connectivity index (χ4v) is 2.12. The molecular formula is C11H14F2N2O2. The minimum atomic E-state index is -2.78. The number of methoxy groups -OCH3 is 1. The lowest BCUT2D eigenvalue weighted by Crippen LogP contribution is -2.26. The van der Waals surface area contributed by atoms with E-state index in [4.69, 9.17) is 5.73 Å². The third-order valence-electron chi connectivity index (χ3n) is 3.40. The largest absolute Gasteiger partial charge is 0.464 e. The predicted molar refractivity (Wildman–Crippen MR) is 57.0 cm³/mol. The van der Waals surface area contributed by atoms with E-state index in [9.17, 15) is 13.6 Å². The van der Waals surface area contributed by atoms with Gasteiger partial charge >= 0.3 is 5.97 Å². The van der Waals surface area contributed by atoms with Crippen molar-refractivity contribution in [2.75, 3.05) is 13.7 Å². The summed E-state index contributed by atoms with van der Waals surface area (Å²) in [6.07, 6.45) is 1.25. The van der Waals surface area contributed by atoms with Gasteiger partial charge in [-0.1, -0.05) is 0 Å². The topological polar surface area (TPSA) is 57.2 Å². The van der Waals surface area contributed by atoms with Gasteiger partial charge in [0.25, 0.3) is 5.92 Å². The van der Waals surface area contributed by atoms with Gasteiger partial charge in [-0.25, -0.2) is 13.6 Å². The molecule has 1 saturated carbocycles. The Morgan fingerprint density at radius 1 is 1.65 bits per heavy atom. The van der Waals surface area contributed by atoms with Crippen molar-refractivity contribution in [3.8, 4) is 0 Å². The van der Waals surface area contributed by atoms with Crippen LogP contribution in [0.15, 0.2) is 12.3 Å². The lowest BCUT2D eigenvalue weighted by Gasteiger charge is -2.11. The molecule has 0 aliphatic heterocycles. The molecule has 0 amide bonds. The quantitative estimate of drug-likeness (QED) is 0.808. The Morgan fingerprint density at radius 3 is 2.65 bits per heavy atom. The van der Waals surface area contributed by atoms with Crippen LogP contribution in [0.25, 0.3) is 0 Å². The number of esters is 1. The zero-order valence-corrected chi connectivity index (χ0v) is 9.67. The highest BCUT2D eigenvalue weighted by molar-refractivity contribution is 5.88. The maximum Gasteiger partial charge on any atom is 0.354 e. The van der Waals surface area contributed by atoms with Crippen molar-refractivity contribution in [3.05, 3.63) is 23.5 Å². The second kappa shape index (κ2) is 3.53. The lowest BCUT2D eigenvalue weighted by molar-refractivity contribution is 0.0589. The van der Waals surface area contributed by atoms with Gasteiger partial charge in [0.05, 0.1) is 12.5 Å². The van der Waals surface area contributed by atoms with E-state index in [1.807, 2.05) is 0 Å². The number of hydrogen-bond donors (Lipinski definition) is 1. The van der Waals surface area contributed by atoms with E-state index < -0.39 is 17.3 Å². The maximum atomic E-state index is 13.4. The number of aryl methyl sites for hydroxylation is 1. The number of carbonyl (C=O) groups is 1. The Hall–Kier alpha value is -1.43. The minimum absolute atomic E-state index is 0.134. The van der Waals surface area contributed by atoms with Crippen LogP contribution in [-0.2, 0) is 17.2 Å². The van der Waals surface area contributed by atoms with Crippen LogP contribution < -0.4 is 5.73 Å². The van der Waals surface area contributed by atoms with Gasteiger partial charge in [0, 0.05) is 26.2 Å². The smallest absolute Gasteiger partial charge is 0.354 e.